The number of nitrogens with zero attached hydrogens (tertiary/aromatic N) is 2. The molecule has 0 radical (unpaired) electrons. The third-order valence-corrected chi connectivity index (χ3v) is 3.80. The van der Waals surface area contributed by atoms with Crippen molar-refractivity contribution < 1.29 is 4.79 Å². The van der Waals surface area contributed by atoms with Crippen molar-refractivity contribution >= 4 is 16.9 Å². The highest BCUT2D eigenvalue weighted by Gasteiger charge is 2.10. The first-order valence-corrected chi connectivity index (χ1v) is 7.36. The highest BCUT2D eigenvalue weighted by molar-refractivity contribution is 5.97. The molecule has 5 heteroatoms. The molecule has 5 nitrogen and oxygen atoms in total. The number of carbonyl (C=O) groups excluding carboxylic acids is 1. The zero-order chi connectivity index (χ0) is 16.4. The molecule has 0 unspecified atom stereocenters. The number of hydrogen-bond donors (Lipinski definition) is 1. The van der Waals surface area contributed by atoms with Crippen LogP contribution < -0.4 is 10.9 Å². The number of nitrogens with one attached hydrogen (secondary N) is 1. The largest absolute Gasteiger partial charge is 0.348 e. The van der Waals surface area contributed by atoms with E-state index < -0.39 is 0 Å². The molecule has 23 heavy (non-hydrogen) atoms. The highest BCUT2D eigenvalue weighted by Crippen LogP contribution is 2.13. The molecule has 0 bridgehead atoms. The van der Waals surface area contributed by atoms with Gasteiger partial charge in [0, 0.05) is 19.2 Å². The molecule has 0 saturated heterocycles. The second-order valence-corrected chi connectivity index (χ2v) is 5.43. The van der Waals surface area contributed by atoms with E-state index in [4.69, 9.17) is 0 Å². The molecule has 0 spiro atoms. The first-order chi connectivity index (χ1) is 11.1. The average Bonchev–Trinajstić information content (AvgIpc) is 2.58. The van der Waals surface area contributed by atoms with E-state index in [0.717, 1.165) is 5.56 Å². The minimum absolute atomic E-state index is 0.126. The molecule has 0 fully saturated rings. The van der Waals surface area contributed by atoms with E-state index in [0.29, 0.717) is 28.8 Å². The SMILES string of the molecule is Cc1nc2cc(C(=O)NCc3ccccc3)ccc2n(C)c1=O. The van der Waals surface area contributed by atoms with Gasteiger partial charge in [-0.1, -0.05) is 30.3 Å². The van der Waals surface area contributed by atoms with Gasteiger partial charge in [0.15, 0.2) is 0 Å². The first-order valence-electron chi connectivity index (χ1n) is 7.36. The van der Waals surface area contributed by atoms with E-state index in [-0.39, 0.29) is 11.5 Å². The molecular formula is C18H17N3O2. The third kappa shape index (κ3) is 2.99. The number of amides is 1. The van der Waals surface area contributed by atoms with Crippen molar-refractivity contribution in [3.63, 3.8) is 0 Å². The predicted molar refractivity (Wildman–Crippen MR) is 89.3 cm³/mol. The Morgan fingerprint density at radius 3 is 2.65 bits per heavy atom. The van der Waals surface area contributed by atoms with Crippen LogP contribution in [0.1, 0.15) is 21.6 Å². The van der Waals surface area contributed by atoms with Gasteiger partial charge in [0.25, 0.3) is 11.5 Å². The summed E-state index contributed by atoms with van der Waals surface area (Å²) >= 11 is 0. The Labute approximate surface area is 133 Å². The van der Waals surface area contributed by atoms with E-state index in [2.05, 4.69) is 10.3 Å². The molecular weight excluding hydrogens is 290 g/mol. The zero-order valence-electron chi connectivity index (χ0n) is 13.0. The lowest BCUT2D eigenvalue weighted by atomic mass is 10.1. The first kappa shape index (κ1) is 15.0. The minimum atomic E-state index is -0.163. The van der Waals surface area contributed by atoms with E-state index >= 15 is 0 Å². The number of rotatable bonds is 3. The summed E-state index contributed by atoms with van der Waals surface area (Å²) in [4.78, 5) is 28.5. The van der Waals surface area contributed by atoms with Gasteiger partial charge in [-0.25, -0.2) is 4.98 Å². The smallest absolute Gasteiger partial charge is 0.272 e. The maximum Gasteiger partial charge on any atom is 0.272 e. The molecule has 3 rings (SSSR count). The minimum Gasteiger partial charge on any atom is -0.348 e. The lowest BCUT2D eigenvalue weighted by molar-refractivity contribution is 0.0951. The van der Waals surface area contributed by atoms with Crippen LogP contribution in [0.5, 0.6) is 0 Å². The summed E-state index contributed by atoms with van der Waals surface area (Å²) in [7, 11) is 1.70. The second kappa shape index (κ2) is 6.04. The molecule has 2 aromatic carbocycles. The fourth-order valence-corrected chi connectivity index (χ4v) is 2.50. The molecule has 0 aliphatic carbocycles. The Kier molecular flexibility index (Phi) is 3.93. The zero-order valence-corrected chi connectivity index (χ0v) is 13.0. The van der Waals surface area contributed by atoms with Crippen LogP contribution in [-0.4, -0.2) is 15.5 Å². The Hall–Kier alpha value is -2.95. The van der Waals surface area contributed by atoms with Crippen LogP contribution in [0.15, 0.2) is 53.3 Å². The summed E-state index contributed by atoms with van der Waals surface area (Å²) in [5.41, 5.74) is 3.20. The topological polar surface area (TPSA) is 64.0 Å². The van der Waals surface area contributed by atoms with Crippen LogP contribution in [0.2, 0.25) is 0 Å². The lowest BCUT2D eigenvalue weighted by Gasteiger charge is -2.09. The summed E-state index contributed by atoms with van der Waals surface area (Å²) in [6.45, 7) is 2.14. The maximum absolute atomic E-state index is 12.3. The summed E-state index contributed by atoms with van der Waals surface area (Å²) in [6, 6.07) is 14.9. The molecule has 0 aliphatic heterocycles. The van der Waals surface area contributed by atoms with E-state index in [9.17, 15) is 9.59 Å². The number of aryl methyl sites for hydroxylation is 2. The van der Waals surface area contributed by atoms with Gasteiger partial charge in [-0.2, -0.15) is 0 Å². The van der Waals surface area contributed by atoms with E-state index in [1.165, 1.54) is 0 Å². The Morgan fingerprint density at radius 1 is 1.17 bits per heavy atom. The van der Waals surface area contributed by atoms with Crippen LogP contribution in [0, 0.1) is 6.92 Å². The maximum atomic E-state index is 12.3. The molecule has 0 saturated carbocycles. The molecule has 1 heterocycles. The average molecular weight is 307 g/mol. The highest BCUT2D eigenvalue weighted by atomic mass is 16.1. The number of carbonyl (C=O) groups is 1. The molecule has 3 aromatic rings. The fraction of sp³-hybridized carbons (Fsp3) is 0.167. The molecule has 1 amide bonds. The number of benzene rings is 2. The molecule has 1 N–H and O–H groups in total. The van der Waals surface area contributed by atoms with Crippen molar-refractivity contribution in [3.05, 3.63) is 75.7 Å². The van der Waals surface area contributed by atoms with Gasteiger partial charge in [0.1, 0.15) is 5.69 Å². The van der Waals surface area contributed by atoms with Crippen LogP contribution >= 0.6 is 0 Å². The lowest BCUT2D eigenvalue weighted by Crippen LogP contribution is -2.24. The van der Waals surface area contributed by atoms with E-state index in [1.807, 2.05) is 30.3 Å². The fourth-order valence-electron chi connectivity index (χ4n) is 2.50. The van der Waals surface area contributed by atoms with Crippen molar-refractivity contribution in [2.45, 2.75) is 13.5 Å². The van der Waals surface area contributed by atoms with Crippen molar-refractivity contribution in [2.24, 2.45) is 7.05 Å². The second-order valence-electron chi connectivity index (χ2n) is 5.43. The molecule has 0 aliphatic rings. The van der Waals surface area contributed by atoms with Gasteiger partial charge in [-0.05, 0) is 30.7 Å². The van der Waals surface area contributed by atoms with Crippen LogP contribution in [0.4, 0.5) is 0 Å². The van der Waals surface area contributed by atoms with Crippen molar-refractivity contribution in [1.29, 1.82) is 0 Å². The molecule has 1 aromatic heterocycles. The standard InChI is InChI=1S/C18H17N3O2/c1-12-18(23)21(2)16-9-8-14(10-15(16)20-12)17(22)19-11-13-6-4-3-5-7-13/h3-10H,11H2,1-2H3,(H,19,22). The normalized spacial score (nSPS) is 10.7. The van der Waals surface area contributed by atoms with Crippen molar-refractivity contribution in [1.82, 2.24) is 14.9 Å². The summed E-state index contributed by atoms with van der Waals surface area (Å²) < 4.78 is 1.54. The number of fused-ring (bicyclic) bond motifs is 1. The Balaban J connectivity index is 1.87. The van der Waals surface area contributed by atoms with E-state index in [1.54, 1.807) is 36.7 Å². The van der Waals surface area contributed by atoms with Crippen LogP contribution in [0.25, 0.3) is 11.0 Å². The van der Waals surface area contributed by atoms with Crippen LogP contribution in [0.3, 0.4) is 0 Å². The van der Waals surface area contributed by atoms with Crippen molar-refractivity contribution in [3.8, 4) is 0 Å². The third-order valence-electron chi connectivity index (χ3n) is 3.80. The molecule has 116 valence electrons. The Morgan fingerprint density at radius 2 is 1.91 bits per heavy atom. The number of aromatic nitrogens is 2. The quantitative estimate of drug-likeness (QED) is 0.806. The van der Waals surface area contributed by atoms with Gasteiger partial charge in [-0.15, -0.1) is 0 Å². The molecule has 0 atom stereocenters. The van der Waals surface area contributed by atoms with Crippen LogP contribution in [-0.2, 0) is 13.6 Å². The van der Waals surface area contributed by atoms with Gasteiger partial charge in [0.2, 0.25) is 0 Å². The van der Waals surface area contributed by atoms with Gasteiger partial charge in [0.05, 0.1) is 11.0 Å². The van der Waals surface area contributed by atoms with Gasteiger partial charge < -0.3 is 9.88 Å². The predicted octanol–water partition coefficient (Wildman–Crippen LogP) is 2.17. The van der Waals surface area contributed by atoms with Gasteiger partial charge in [-0.3, -0.25) is 9.59 Å². The summed E-state index contributed by atoms with van der Waals surface area (Å²) in [6.07, 6.45) is 0. The number of hydrogen-bond acceptors (Lipinski definition) is 3. The van der Waals surface area contributed by atoms with Gasteiger partial charge >= 0.3 is 0 Å². The summed E-state index contributed by atoms with van der Waals surface area (Å²) in [5.74, 6) is -0.163. The van der Waals surface area contributed by atoms with Crippen molar-refractivity contribution in [2.75, 3.05) is 0 Å². The monoisotopic (exact) mass is 307 g/mol. The summed E-state index contributed by atoms with van der Waals surface area (Å²) in [5, 5.41) is 2.89. The Bertz CT molecular complexity index is 930.